The first kappa shape index (κ1) is 14.5. The second kappa shape index (κ2) is 6.03. The Hall–Kier alpha value is -1.91. The molecule has 0 saturated carbocycles. The third kappa shape index (κ3) is 2.66. The summed E-state index contributed by atoms with van der Waals surface area (Å²) in [7, 11) is 1.63. The van der Waals surface area contributed by atoms with E-state index in [2.05, 4.69) is 5.32 Å². The van der Waals surface area contributed by atoms with Gasteiger partial charge in [-0.1, -0.05) is 42.5 Å². The zero-order chi connectivity index (χ0) is 14.6. The Morgan fingerprint density at radius 3 is 2.65 bits per heavy atom. The van der Waals surface area contributed by atoms with Crippen molar-refractivity contribution in [2.24, 2.45) is 5.73 Å². The zero-order valence-electron chi connectivity index (χ0n) is 11.8. The lowest BCUT2D eigenvalue weighted by Crippen LogP contribution is -2.51. The molecule has 2 aromatic carbocycles. The third-order valence-electron chi connectivity index (χ3n) is 3.61. The number of methoxy groups -OCH3 is 1. The molecule has 0 aliphatic rings. The number of primary amides is 1. The number of fused-ring (bicyclic) bond motifs is 1. The lowest BCUT2D eigenvalue weighted by Gasteiger charge is -2.29. The highest BCUT2D eigenvalue weighted by Gasteiger charge is 2.33. The number of ether oxygens (including phenoxy) is 1. The summed E-state index contributed by atoms with van der Waals surface area (Å²) in [5.74, 6) is -0.398. The molecule has 0 spiro atoms. The highest BCUT2D eigenvalue weighted by molar-refractivity contribution is 5.94. The van der Waals surface area contributed by atoms with Crippen LogP contribution in [-0.2, 0) is 15.1 Å². The van der Waals surface area contributed by atoms with Crippen LogP contribution in [0.2, 0.25) is 0 Å². The Labute approximate surface area is 118 Å². The number of carbonyl (C=O) groups is 1. The van der Waals surface area contributed by atoms with Crippen molar-refractivity contribution in [2.75, 3.05) is 20.3 Å². The Balaban J connectivity index is 2.49. The second-order valence-electron chi connectivity index (χ2n) is 4.94. The van der Waals surface area contributed by atoms with Gasteiger partial charge in [-0.05, 0) is 23.3 Å². The number of nitrogens with one attached hydrogen (secondary N) is 1. The van der Waals surface area contributed by atoms with Gasteiger partial charge >= 0.3 is 0 Å². The lowest BCUT2D eigenvalue weighted by molar-refractivity contribution is -0.124. The normalized spacial score (nSPS) is 14.1. The second-order valence-corrected chi connectivity index (χ2v) is 4.94. The van der Waals surface area contributed by atoms with Crippen molar-refractivity contribution >= 4 is 16.7 Å². The Morgan fingerprint density at radius 1 is 1.25 bits per heavy atom. The predicted octanol–water partition coefficient (Wildman–Crippen LogP) is 1.78. The summed E-state index contributed by atoms with van der Waals surface area (Å²) in [6.07, 6.45) is 0. The number of benzene rings is 2. The molecule has 0 fully saturated rings. The minimum atomic E-state index is -0.917. The van der Waals surface area contributed by atoms with Gasteiger partial charge in [-0.3, -0.25) is 10.1 Å². The average Bonchev–Trinajstić information content (AvgIpc) is 2.46. The van der Waals surface area contributed by atoms with Crippen molar-refractivity contribution in [3.8, 4) is 0 Å². The van der Waals surface area contributed by atoms with Crippen molar-refractivity contribution < 1.29 is 9.53 Å². The quantitative estimate of drug-likeness (QED) is 0.788. The van der Waals surface area contributed by atoms with Crippen molar-refractivity contribution in [3.05, 3.63) is 48.0 Å². The number of hydrogen-bond acceptors (Lipinski definition) is 3. The largest absolute Gasteiger partial charge is 0.383 e. The molecule has 0 heterocycles. The maximum absolute atomic E-state index is 12.0. The first-order valence-electron chi connectivity index (χ1n) is 6.61. The zero-order valence-corrected chi connectivity index (χ0v) is 11.8. The van der Waals surface area contributed by atoms with E-state index in [9.17, 15) is 4.79 Å². The van der Waals surface area contributed by atoms with Crippen LogP contribution in [0.15, 0.2) is 42.5 Å². The van der Waals surface area contributed by atoms with E-state index < -0.39 is 11.4 Å². The minimum absolute atomic E-state index is 0.398. The molecule has 0 radical (unpaired) electrons. The molecule has 4 nitrogen and oxygen atoms in total. The Kier molecular flexibility index (Phi) is 4.37. The van der Waals surface area contributed by atoms with E-state index in [4.69, 9.17) is 10.5 Å². The van der Waals surface area contributed by atoms with Crippen LogP contribution in [0.5, 0.6) is 0 Å². The molecule has 0 bridgehead atoms. The number of rotatable bonds is 6. The summed E-state index contributed by atoms with van der Waals surface area (Å²) >= 11 is 0. The van der Waals surface area contributed by atoms with Crippen LogP contribution in [-0.4, -0.2) is 26.2 Å². The average molecular weight is 272 g/mol. The molecule has 1 unspecified atom stereocenters. The minimum Gasteiger partial charge on any atom is -0.383 e. The predicted molar refractivity (Wildman–Crippen MR) is 80.4 cm³/mol. The van der Waals surface area contributed by atoms with E-state index >= 15 is 0 Å². The molecule has 2 aromatic rings. The highest BCUT2D eigenvalue weighted by atomic mass is 16.5. The van der Waals surface area contributed by atoms with Crippen molar-refractivity contribution in [2.45, 2.75) is 12.5 Å². The van der Waals surface area contributed by atoms with Crippen molar-refractivity contribution in [3.63, 3.8) is 0 Å². The van der Waals surface area contributed by atoms with E-state index in [1.807, 2.05) is 49.4 Å². The molecule has 2 rings (SSSR count). The maximum Gasteiger partial charge on any atom is 0.242 e. The van der Waals surface area contributed by atoms with Crippen molar-refractivity contribution in [1.82, 2.24) is 5.32 Å². The van der Waals surface area contributed by atoms with Gasteiger partial charge in [-0.15, -0.1) is 0 Å². The molecule has 20 heavy (non-hydrogen) atoms. The molecule has 106 valence electrons. The molecule has 1 atom stereocenters. The fourth-order valence-electron chi connectivity index (χ4n) is 2.38. The lowest BCUT2D eigenvalue weighted by atomic mass is 9.87. The van der Waals surface area contributed by atoms with Crippen LogP contribution in [0.1, 0.15) is 12.5 Å². The van der Waals surface area contributed by atoms with Gasteiger partial charge < -0.3 is 10.5 Å². The summed E-state index contributed by atoms with van der Waals surface area (Å²) in [4.78, 5) is 12.0. The van der Waals surface area contributed by atoms with Gasteiger partial charge in [-0.25, -0.2) is 0 Å². The molecule has 1 amide bonds. The Bertz CT molecular complexity index is 607. The van der Waals surface area contributed by atoms with Crippen LogP contribution in [0.4, 0.5) is 0 Å². The van der Waals surface area contributed by atoms with Gasteiger partial charge in [0.1, 0.15) is 5.54 Å². The highest BCUT2D eigenvalue weighted by Crippen LogP contribution is 2.28. The summed E-state index contributed by atoms with van der Waals surface area (Å²) in [6.45, 7) is 2.89. The van der Waals surface area contributed by atoms with Gasteiger partial charge in [-0.2, -0.15) is 0 Å². The standard InChI is InChI=1S/C16H20N2O2/c1-16(15(17)19,18-10-11-20-2)14-9-5-7-12-6-3-4-8-13(12)14/h3-9,18H,10-11H2,1-2H3,(H2,17,19). The number of nitrogens with two attached hydrogens (primary N) is 1. The molecule has 0 aliphatic heterocycles. The van der Waals surface area contributed by atoms with Gasteiger partial charge in [0.25, 0.3) is 0 Å². The molecular weight excluding hydrogens is 252 g/mol. The number of carbonyl (C=O) groups excluding carboxylic acids is 1. The van der Waals surface area contributed by atoms with Crippen LogP contribution in [0, 0.1) is 0 Å². The van der Waals surface area contributed by atoms with Gasteiger partial charge in [0.05, 0.1) is 6.61 Å². The summed E-state index contributed by atoms with van der Waals surface area (Å²) in [5, 5.41) is 5.32. The van der Waals surface area contributed by atoms with Crippen LogP contribution in [0.3, 0.4) is 0 Å². The topological polar surface area (TPSA) is 64.3 Å². The fourth-order valence-corrected chi connectivity index (χ4v) is 2.38. The maximum atomic E-state index is 12.0. The molecule has 3 N–H and O–H groups in total. The van der Waals surface area contributed by atoms with E-state index in [0.717, 1.165) is 16.3 Å². The number of hydrogen-bond donors (Lipinski definition) is 2. The van der Waals surface area contributed by atoms with Gasteiger partial charge in [0.15, 0.2) is 0 Å². The number of amides is 1. The molecule has 0 saturated heterocycles. The van der Waals surface area contributed by atoms with Gasteiger partial charge in [0.2, 0.25) is 5.91 Å². The molecule has 4 heteroatoms. The van der Waals surface area contributed by atoms with Gasteiger partial charge in [0, 0.05) is 13.7 Å². The van der Waals surface area contributed by atoms with E-state index in [0.29, 0.717) is 13.2 Å². The van der Waals surface area contributed by atoms with Crippen molar-refractivity contribution in [1.29, 1.82) is 0 Å². The van der Waals surface area contributed by atoms with Crippen LogP contribution in [0.25, 0.3) is 10.8 Å². The van der Waals surface area contributed by atoms with E-state index in [-0.39, 0.29) is 0 Å². The van der Waals surface area contributed by atoms with E-state index in [1.165, 1.54) is 0 Å². The summed E-state index contributed by atoms with van der Waals surface area (Å²) in [5.41, 5.74) is 5.60. The third-order valence-corrected chi connectivity index (χ3v) is 3.61. The molecule has 0 aromatic heterocycles. The van der Waals surface area contributed by atoms with Crippen LogP contribution < -0.4 is 11.1 Å². The monoisotopic (exact) mass is 272 g/mol. The Morgan fingerprint density at radius 2 is 1.95 bits per heavy atom. The smallest absolute Gasteiger partial charge is 0.242 e. The fraction of sp³-hybridized carbons (Fsp3) is 0.312. The first-order valence-corrected chi connectivity index (χ1v) is 6.61. The van der Waals surface area contributed by atoms with E-state index in [1.54, 1.807) is 7.11 Å². The SMILES string of the molecule is COCCNC(C)(C(N)=O)c1cccc2ccccc12. The van der Waals surface area contributed by atoms with Crippen LogP contribution >= 0.6 is 0 Å². The first-order chi connectivity index (χ1) is 9.59. The molecular formula is C16H20N2O2. The summed E-state index contributed by atoms with van der Waals surface area (Å²) in [6, 6.07) is 13.9. The molecule has 0 aliphatic carbocycles. The summed E-state index contributed by atoms with van der Waals surface area (Å²) < 4.78 is 5.03.